The van der Waals surface area contributed by atoms with Gasteiger partial charge in [-0.05, 0) is 63.8 Å². The molecule has 0 bridgehead atoms. The zero-order valence-electron chi connectivity index (χ0n) is 15.8. The SMILES string of the molecule is Cc1cc(C)c(N=CN(C)C=Nc2c(C)cc(C)cc2C)c(C)c1. The number of aryl methyl sites for hydroxylation is 6. The van der Waals surface area contributed by atoms with Gasteiger partial charge < -0.3 is 4.90 Å². The average Bonchev–Trinajstić information content (AvgIpc) is 2.44. The Labute approximate surface area is 145 Å². The Bertz CT molecular complexity index is 687. The topological polar surface area (TPSA) is 28.0 Å². The molecule has 0 aromatic heterocycles. The van der Waals surface area contributed by atoms with E-state index in [1.54, 1.807) is 0 Å². The van der Waals surface area contributed by atoms with Crippen LogP contribution >= 0.6 is 0 Å². The second kappa shape index (κ2) is 7.43. The van der Waals surface area contributed by atoms with Gasteiger partial charge in [0.25, 0.3) is 0 Å². The summed E-state index contributed by atoms with van der Waals surface area (Å²) in [5.41, 5.74) is 9.37. The summed E-state index contributed by atoms with van der Waals surface area (Å²) >= 11 is 0. The van der Waals surface area contributed by atoms with Crippen molar-refractivity contribution in [3.63, 3.8) is 0 Å². The molecule has 0 aliphatic rings. The van der Waals surface area contributed by atoms with Crippen LogP contribution in [0.3, 0.4) is 0 Å². The molecule has 0 spiro atoms. The van der Waals surface area contributed by atoms with Gasteiger partial charge in [-0.15, -0.1) is 0 Å². The molecule has 0 fully saturated rings. The van der Waals surface area contributed by atoms with Gasteiger partial charge in [-0.3, -0.25) is 0 Å². The zero-order valence-corrected chi connectivity index (χ0v) is 15.8. The first kappa shape index (κ1) is 17.9. The highest BCUT2D eigenvalue weighted by Gasteiger charge is 2.03. The summed E-state index contributed by atoms with van der Waals surface area (Å²) in [5, 5.41) is 0. The van der Waals surface area contributed by atoms with E-state index in [0.29, 0.717) is 0 Å². The largest absolute Gasteiger partial charge is 0.326 e. The van der Waals surface area contributed by atoms with Gasteiger partial charge in [-0.2, -0.15) is 0 Å². The monoisotopic (exact) mass is 321 g/mol. The molecule has 3 nitrogen and oxygen atoms in total. The molecule has 3 heteroatoms. The molecular formula is C21H27N3. The van der Waals surface area contributed by atoms with Gasteiger partial charge in [0.1, 0.15) is 0 Å². The molecular weight excluding hydrogens is 294 g/mol. The zero-order chi connectivity index (χ0) is 17.9. The first-order chi connectivity index (χ1) is 11.3. The van der Waals surface area contributed by atoms with E-state index in [-0.39, 0.29) is 0 Å². The summed E-state index contributed by atoms with van der Waals surface area (Å²) in [5.74, 6) is 0. The Hall–Kier alpha value is -2.42. The Kier molecular flexibility index (Phi) is 5.55. The summed E-state index contributed by atoms with van der Waals surface area (Å²) in [7, 11) is 1.95. The Morgan fingerprint density at radius 3 is 1.21 bits per heavy atom. The lowest BCUT2D eigenvalue weighted by atomic mass is 10.1. The van der Waals surface area contributed by atoms with E-state index in [9.17, 15) is 0 Å². The van der Waals surface area contributed by atoms with E-state index in [2.05, 4.69) is 75.8 Å². The van der Waals surface area contributed by atoms with Crippen LogP contribution in [-0.2, 0) is 0 Å². The number of aliphatic imine (C=N–C) groups is 2. The van der Waals surface area contributed by atoms with Gasteiger partial charge in [0.2, 0.25) is 0 Å². The smallest absolute Gasteiger partial charge is 0.0961 e. The molecule has 2 rings (SSSR count). The van der Waals surface area contributed by atoms with Crippen LogP contribution < -0.4 is 0 Å². The number of nitrogens with zero attached hydrogens (tertiary/aromatic N) is 3. The van der Waals surface area contributed by atoms with Gasteiger partial charge in [-0.25, -0.2) is 9.98 Å². The number of benzene rings is 2. The van der Waals surface area contributed by atoms with Crippen molar-refractivity contribution in [1.82, 2.24) is 4.90 Å². The highest BCUT2D eigenvalue weighted by atomic mass is 15.1. The lowest BCUT2D eigenvalue weighted by Crippen LogP contribution is -2.13. The molecule has 0 saturated carbocycles. The minimum atomic E-state index is 1.03. The maximum atomic E-state index is 4.63. The highest BCUT2D eigenvalue weighted by Crippen LogP contribution is 2.25. The van der Waals surface area contributed by atoms with Crippen molar-refractivity contribution >= 4 is 24.1 Å². The van der Waals surface area contributed by atoms with Crippen molar-refractivity contribution in [1.29, 1.82) is 0 Å². The molecule has 0 unspecified atom stereocenters. The molecule has 0 aliphatic carbocycles. The van der Waals surface area contributed by atoms with Crippen molar-refractivity contribution < 1.29 is 0 Å². The third-order valence-electron chi connectivity index (χ3n) is 4.01. The summed E-state index contributed by atoms with van der Waals surface area (Å²) in [6.45, 7) is 12.6. The number of rotatable bonds is 4. The molecule has 0 atom stereocenters. The van der Waals surface area contributed by atoms with Gasteiger partial charge >= 0.3 is 0 Å². The first-order valence-electron chi connectivity index (χ1n) is 8.24. The molecule has 0 radical (unpaired) electrons. The van der Waals surface area contributed by atoms with Crippen molar-refractivity contribution in [3.05, 3.63) is 57.6 Å². The number of hydrogen-bond donors (Lipinski definition) is 0. The van der Waals surface area contributed by atoms with Crippen LogP contribution in [0.25, 0.3) is 0 Å². The van der Waals surface area contributed by atoms with E-state index >= 15 is 0 Å². The maximum absolute atomic E-state index is 4.63. The molecule has 0 amide bonds. The van der Waals surface area contributed by atoms with Crippen LogP contribution in [0.5, 0.6) is 0 Å². The van der Waals surface area contributed by atoms with E-state index in [4.69, 9.17) is 0 Å². The average molecular weight is 321 g/mol. The number of hydrogen-bond acceptors (Lipinski definition) is 2. The molecule has 0 heterocycles. The maximum Gasteiger partial charge on any atom is 0.0961 e. The second-order valence-corrected chi connectivity index (χ2v) is 6.65. The standard InChI is InChI=1S/C21H27N3/c1-14-8-16(3)20(17(4)9-14)22-12-24(7)13-23-21-18(5)10-15(2)11-19(21)6/h8-13H,1-7H3. The second-order valence-electron chi connectivity index (χ2n) is 6.65. The van der Waals surface area contributed by atoms with Crippen molar-refractivity contribution in [3.8, 4) is 0 Å². The molecule has 126 valence electrons. The van der Waals surface area contributed by atoms with Gasteiger partial charge in [-0.1, -0.05) is 35.4 Å². The third-order valence-corrected chi connectivity index (χ3v) is 4.01. The lowest BCUT2D eigenvalue weighted by Gasteiger charge is -2.10. The lowest BCUT2D eigenvalue weighted by molar-refractivity contribution is 0.801. The predicted octanol–water partition coefficient (Wildman–Crippen LogP) is 5.49. The minimum Gasteiger partial charge on any atom is -0.326 e. The van der Waals surface area contributed by atoms with Crippen molar-refractivity contribution in [2.45, 2.75) is 41.5 Å². The van der Waals surface area contributed by atoms with Crippen molar-refractivity contribution in [2.75, 3.05) is 7.05 Å². The van der Waals surface area contributed by atoms with E-state index in [1.165, 1.54) is 33.4 Å². The summed E-state index contributed by atoms with van der Waals surface area (Å²) in [6.07, 6.45) is 3.63. The fourth-order valence-corrected chi connectivity index (χ4v) is 3.08. The molecule has 2 aromatic carbocycles. The molecule has 2 aromatic rings. The molecule has 0 N–H and O–H groups in total. The summed E-state index contributed by atoms with van der Waals surface area (Å²) < 4.78 is 0. The summed E-state index contributed by atoms with van der Waals surface area (Å²) in [6, 6.07) is 8.64. The van der Waals surface area contributed by atoms with Crippen LogP contribution in [0.15, 0.2) is 34.3 Å². The fourth-order valence-electron chi connectivity index (χ4n) is 3.08. The predicted molar refractivity (Wildman–Crippen MR) is 105 cm³/mol. The van der Waals surface area contributed by atoms with E-state index < -0.39 is 0 Å². The van der Waals surface area contributed by atoms with E-state index in [1.807, 2.05) is 24.6 Å². The fraction of sp³-hybridized carbons (Fsp3) is 0.333. The molecule has 0 aliphatic heterocycles. The normalized spacial score (nSPS) is 11.6. The van der Waals surface area contributed by atoms with Gasteiger partial charge in [0, 0.05) is 7.05 Å². The molecule has 0 saturated heterocycles. The van der Waals surface area contributed by atoms with Crippen LogP contribution in [0, 0.1) is 41.5 Å². The summed E-state index contributed by atoms with van der Waals surface area (Å²) in [4.78, 5) is 11.1. The van der Waals surface area contributed by atoms with Crippen molar-refractivity contribution in [2.24, 2.45) is 9.98 Å². The van der Waals surface area contributed by atoms with Crippen LogP contribution in [0.2, 0.25) is 0 Å². The quantitative estimate of drug-likeness (QED) is 0.540. The van der Waals surface area contributed by atoms with Crippen LogP contribution in [-0.4, -0.2) is 24.6 Å². The Morgan fingerprint density at radius 2 is 0.917 bits per heavy atom. The minimum absolute atomic E-state index is 1.03. The van der Waals surface area contributed by atoms with Gasteiger partial charge in [0.05, 0.1) is 24.1 Å². The van der Waals surface area contributed by atoms with Crippen LogP contribution in [0.4, 0.5) is 11.4 Å². The van der Waals surface area contributed by atoms with Gasteiger partial charge in [0.15, 0.2) is 0 Å². The van der Waals surface area contributed by atoms with E-state index in [0.717, 1.165) is 11.4 Å². The first-order valence-corrected chi connectivity index (χ1v) is 8.24. The molecule has 24 heavy (non-hydrogen) atoms. The Balaban J connectivity index is 2.18. The highest BCUT2D eigenvalue weighted by molar-refractivity contribution is 5.79. The van der Waals surface area contributed by atoms with Crippen LogP contribution in [0.1, 0.15) is 33.4 Å². The Morgan fingerprint density at radius 1 is 0.625 bits per heavy atom. The third kappa shape index (κ3) is 4.31.